The Morgan fingerprint density at radius 1 is 1.53 bits per heavy atom. The van der Waals surface area contributed by atoms with Gasteiger partial charge in [0, 0.05) is 22.1 Å². The van der Waals surface area contributed by atoms with Crippen molar-refractivity contribution in [3.63, 3.8) is 0 Å². The highest BCUT2D eigenvalue weighted by atomic mass is 79.9. The van der Waals surface area contributed by atoms with E-state index in [0.29, 0.717) is 17.1 Å². The molecule has 1 amide bonds. The van der Waals surface area contributed by atoms with Crippen molar-refractivity contribution in [1.29, 1.82) is 0 Å². The van der Waals surface area contributed by atoms with E-state index in [0.717, 1.165) is 4.47 Å². The zero-order valence-electron chi connectivity index (χ0n) is 9.59. The molecule has 3 nitrogen and oxygen atoms in total. The molecule has 17 heavy (non-hydrogen) atoms. The van der Waals surface area contributed by atoms with Gasteiger partial charge in [-0.05, 0) is 48.0 Å². The number of carbonyl (C=O) groups excluding carboxylic acids is 1. The third-order valence-electron chi connectivity index (χ3n) is 1.89. The number of hydrogen-bond donors (Lipinski definition) is 2. The fourth-order valence-corrected chi connectivity index (χ4v) is 1.47. The Morgan fingerprint density at radius 3 is 2.59 bits per heavy atom. The topological polar surface area (TPSA) is 55.1 Å². The minimum absolute atomic E-state index is 0. The van der Waals surface area contributed by atoms with E-state index in [9.17, 15) is 4.79 Å². The molecule has 1 aromatic rings. The highest BCUT2D eigenvalue weighted by molar-refractivity contribution is 9.10. The van der Waals surface area contributed by atoms with Crippen molar-refractivity contribution in [2.24, 2.45) is 5.73 Å². The third kappa shape index (κ3) is 5.73. The fraction of sp³-hybridized carbons (Fsp3) is 0.364. The summed E-state index contributed by atoms with van der Waals surface area (Å²) in [5.41, 5.74) is 5.87. The van der Waals surface area contributed by atoms with Crippen molar-refractivity contribution in [2.75, 3.05) is 6.54 Å². The first kappa shape index (κ1) is 16.7. The third-order valence-corrected chi connectivity index (χ3v) is 3.12. The van der Waals surface area contributed by atoms with E-state index < -0.39 is 5.54 Å². The van der Waals surface area contributed by atoms with Crippen LogP contribution in [0.5, 0.6) is 0 Å². The van der Waals surface area contributed by atoms with Crippen LogP contribution in [0.3, 0.4) is 0 Å². The van der Waals surface area contributed by atoms with E-state index in [-0.39, 0.29) is 18.3 Å². The molecule has 0 aliphatic rings. The first-order valence-corrected chi connectivity index (χ1v) is 5.99. The number of nitrogens with two attached hydrogens (primary N) is 1. The Kier molecular flexibility index (Phi) is 6.48. The van der Waals surface area contributed by atoms with Crippen LogP contribution in [0, 0.1) is 0 Å². The lowest BCUT2D eigenvalue weighted by Crippen LogP contribution is -2.45. The monoisotopic (exact) mass is 340 g/mol. The predicted octanol–water partition coefficient (Wildman–Crippen LogP) is 2.99. The van der Waals surface area contributed by atoms with Crippen molar-refractivity contribution in [3.8, 4) is 0 Å². The molecule has 0 unspecified atom stereocenters. The molecule has 0 saturated carbocycles. The van der Waals surface area contributed by atoms with Gasteiger partial charge >= 0.3 is 0 Å². The van der Waals surface area contributed by atoms with Gasteiger partial charge in [0.15, 0.2) is 0 Å². The lowest BCUT2D eigenvalue weighted by Gasteiger charge is -2.18. The zero-order chi connectivity index (χ0) is 12.3. The standard InChI is InChI=1S/C11H14BrClN2O.ClH/c1-11(2,14)6-15-10(16)7-3-4-8(12)9(13)5-7;/h3-5H,6,14H2,1-2H3,(H,15,16);1H. The minimum Gasteiger partial charge on any atom is -0.350 e. The fourth-order valence-electron chi connectivity index (χ4n) is 1.05. The SMILES string of the molecule is CC(C)(N)CNC(=O)c1ccc(Br)c(Cl)c1.Cl. The van der Waals surface area contributed by atoms with E-state index in [2.05, 4.69) is 21.2 Å². The summed E-state index contributed by atoms with van der Waals surface area (Å²) >= 11 is 9.16. The van der Waals surface area contributed by atoms with Gasteiger partial charge in [-0.1, -0.05) is 11.6 Å². The van der Waals surface area contributed by atoms with Crippen LogP contribution in [-0.4, -0.2) is 18.0 Å². The van der Waals surface area contributed by atoms with Crippen LogP contribution < -0.4 is 11.1 Å². The maximum Gasteiger partial charge on any atom is 0.251 e. The van der Waals surface area contributed by atoms with Crippen LogP contribution in [0.2, 0.25) is 5.02 Å². The van der Waals surface area contributed by atoms with Crippen molar-refractivity contribution >= 4 is 45.8 Å². The van der Waals surface area contributed by atoms with Crippen molar-refractivity contribution in [1.82, 2.24) is 5.32 Å². The number of hydrogen-bond acceptors (Lipinski definition) is 2. The summed E-state index contributed by atoms with van der Waals surface area (Å²) in [6, 6.07) is 5.06. The molecule has 1 aromatic carbocycles. The predicted molar refractivity (Wildman–Crippen MR) is 77.0 cm³/mol. The van der Waals surface area contributed by atoms with Gasteiger partial charge in [-0.2, -0.15) is 0 Å². The van der Waals surface area contributed by atoms with E-state index >= 15 is 0 Å². The Labute approximate surface area is 121 Å². The molecule has 0 aromatic heterocycles. The number of amides is 1. The summed E-state index contributed by atoms with van der Waals surface area (Å²) in [4.78, 5) is 11.7. The van der Waals surface area contributed by atoms with Crippen molar-refractivity contribution < 1.29 is 4.79 Å². The minimum atomic E-state index is -0.422. The van der Waals surface area contributed by atoms with Gasteiger partial charge in [-0.3, -0.25) is 4.79 Å². The van der Waals surface area contributed by atoms with Crippen molar-refractivity contribution in [2.45, 2.75) is 19.4 Å². The van der Waals surface area contributed by atoms with Gasteiger partial charge in [0.25, 0.3) is 5.91 Å². The number of benzene rings is 1. The number of rotatable bonds is 3. The molecule has 0 spiro atoms. The Balaban J connectivity index is 0.00000256. The lowest BCUT2D eigenvalue weighted by atomic mass is 10.1. The van der Waals surface area contributed by atoms with Crippen LogP contribution in [0.4, 0.5) is 0 Å². The normalized spacial score (nSPS) is 10.6. The van der Waals surface area contributed by atoms with Gasteiger partial charge in [-0.15, -0.1) is 12.4 Å². The Bertz CT molecular complexity index is 405. The second-order valence-electron chi connectivity index (χ2n) is 4.30. The van der Waals surface area contributed by atoms with Crippen LogP contribution in [0.1, 0.15) is 24.2 Å². The summed E-state index contributed by atoms with van der Waals surface area (Å²) < 4.78 is 0.768. The molecule has 6 heteroatoms. The van der Waals surface area contributed by atoms with Crippen LogP contribution in [0.15, 0.2) is 22.7 Å². The number of carbonyl (C=O) groups is 1. The molecule has 3 N–H and O–H groups in total. The molecule has 0 radical (unpaired) electrons. The molecular formula is C11H15BrCl2N2O. The van der Waals surface area contributed by atoms with Crippen LogP contribution in [0.25, 0.3) is 0 Å². The maximum atomic E-state index is 11.7. The molecule has 0 aliphatic heterocycles. The van der Waals surface area contributed by atoms with Crippen molar-refractivity contribution in [3.05, 3.63) is 33.3 Å². The average molecular weight is 342 g/mol. The second kappa shape index (κ2) is 6.59. The smallest absolute Gasteiger partial charge is 0.251 e. The molecule has 0 fully saturated rings. The highest BCUT2D eigenvalue weighted by Crippen LogP contribution is 2.23. The van der Waals surface area contributed by atoms with E-state index in [1.807, 2.05) is 13.8 Å². The van der Waals surface area contributed by atoms with Gasteiger partial charge in [-0.25, -0.2) is 0 Å². The Hall–Kier alpha value is -0.290. The molecular weight excluding hydrogens is 327 g/mol. The first-order valence-electron chi connectivity index (χ1n) is 4.82. The highest BCUT2D eigenvalue weighted by Gasteiger charge is 2.13. The summed E-state index contributed by atoms with van der Waals surface area (Å²) in [7, 11) is 0. The molecule has 1 rings (SSSR count). The largest absolute Gasteiger partial charge is 0.350 e. The number of nitrogens with one attached hydrogen (secondary N) is 1. The van der Waals surface area contributed by atoms with E-state index in [4.69, 9.17) is 17.3 Å². The summed E-state index contributed by atoms with van der Waals surface area (Å²) in [5, 5.41) is 3.26. The molecule has 0 saturated heterocycles. The van der Waals surface area contributed by atoms with Gasteiger partial charge < -0.3 is 11.1 Å². The molecule has 0 aliphatic carbocycles. The summed E-state index contributed by atoms with van der Waals surface area (Å²) in [6.45, 7) is 4.11. The van der Waals surface area contributed by atoms with Gasteiger partial charge in [0.2, 0.25) is 0 Å². The quantitative estimate of drug-likeness (QED) is 0.887. The first-order chi connectivity index (χ1) is 7.29. The lowest BCUT2D eigenvalue weighted by molar-refractivity contribution is 0.0946. The molecule has 0 bridgehead atoms. The molecule has 96 valence electrons. The number of halogens is 3. The summed E-state index contributed by atoms with van der Waals surface area (Å²) in [5.74, 6) is -0.173. The molecule has 0 atom stereocenters. The Morgan fingerprint density at radius 2 is 2.12 bits per heavy atom. The van der Waals surface area contributed by atoms with E-state index in [1.165, 1.54) is 0 Å². The zero-order valence-corrected chi connectivity index (χ0v) is 12.7. The van der Waals surface area contributed by atoms with Crippen LogP contribution >= 0.6 is 39.9 Å². The second-order valence-corrected chi connectivity index (χ2v) is 5.56. The van der Waals surface area contributed by atoms with Crippen LogP contribution in [-0.2, 0) is 0 Å². The molecule has 0 heterocycles. The average Bonchev–Trinajstić information content (AvgIpc) is 2.17. The summed E-state index contributed by atoms with van der Waals surface area (Å²) in [6.07, 6.45) is 0. The maximum absolute atomic E-state index is 11.7. The van der Waals surface area contributed by atoms with Gasteiger partial charge in [0.1, 0.15) is 0 Å². The van der Waals surface area contributed by atoms with Gasteiger partial charge in [0.05, 0.1) is 5.02 Å². The van der Waals surface area contributed by atoms with E-state index in [1.54, 1.807) is 18.2 Å².